The third-order valence-electron chi connectivity index (χ3n) is 2.79. The summed E-state index contributed by atoms with van der Waals surface area (Å²) in [6.07, 6.45) is 1.38. The second-order valence-corrected chi connectivity index (χ2v) is 4.71. The Balaban J connectivity index is 2.81. The number of hydrogen-bond acceptors (Lipinski definition) is 3. The van der Waals surface area contributed by atoms with E-state index in [1.54, 1.807) is 19.2 Å². The summed E-state index contributed by atoms with van der Waals surface area (Å²) in [6.45, 7) is 4.50. The summed E-state index contributed by atoms with van der Waals surface area (Å²) in [5.41, 5.74) is 1.55. The van der Waals surface area contributed by atoms with Crippen molar-refractivity contribution in [2.45, 2.75) is 32.7 Å². The Kier molecular flexibility index (Phi) is 6.67. The fourth-order valence-electron chi connectivity index (χ4n) is 1.65. The molecule has 0 heterocycles. The third kappa shape index (κ3) is 5.09. The lowest BCUT2D eigenvalue weighted by Crippen LogP contribution is -2.24. The van der Waals surface area contributed by atoms with Gasteiger partial charge < -0.3 is 15.4 Å². The van der Waals surface area contributed by atoms with Crippen LogP contribution in [0.4, 0.5) is 11.4 Å². The summed E-state index contributed by atoms with van der Waals surface area (Å²) >= 11 is 6.15. The van der Waals surface area contributed by atoms with Gasteiger partial charge in [0.05, 0.1) is 17.3 Å². The molecule has 5 heteroatoms. The Labute approximate surface area is 119 Å². The Morgan fingerprint density at radius 3 is 2.74 bits per heavy atom. The quantitative estimate of drug-likeness (QED) is 0.805. The first-order valence-electron chi connectivity index (χ1n) is 6.45. The number of carbonyl (C=O) groups is 1. The number of anilines is 2. The van der Waals surface area contributed by atoms with Crippen LogP contribution in [0.3, 0.4) is 0 Å². The highest BCUT2D eigenvalue weighted by molar-refractivity contribution is 6.33. The van der Waals surface area contributed by atoms with E-state index in [9.17, 15) is 4.79 Å². The van der Waals surface area contributed by atoms with E-state index in [1.165, 1.54) is 0 Å². The first-order chi connectivity index (χ1) is 9.10. The molecule has 0 aliphatic rings. The van der Waals surface area contributed by atoms with Gasteiger partial charge in [-0.05, 0) is 24.6 Å². The minimum absolute atomic E-state index is 0.0165. The van der Waals surface area contributed by atoms with Gasteiger partial charge in [0.1, 0.15) is 0 Å². The maximum Gasteiger partial charge on any atom is 0.224 e. The molecule has 1 amide bonds. The Morgan fingerprint density at radius 2 is 2.16 bits per heavy atom. The second-order valence-electron chi connectivity index (χ2n) is 4.30. The zero-order valence-corrected chi connectivity index (χ0v) is 12.4. The van der Waals surface area contributed by atoms with Gasteiger partial charge >= 0.3 is 0 Å². The fourth-order valence-corrected chi connectivity index (χ4v) is 1.82. The monoisotopic (exact) mass is 284 g/mol. The lowest BCUT2D eigenvalue weighted by Gasteiger charge is -2.19. The smallest absolute Gasteiger partial charge is 0.224 e. The van der Waals surface area contributed by atoms with E-state index in [0.717, 1.165) is 17.8 Å². The molecule has 2 N–H and O–H groups in total. The van der Waals surface area contributed by atoms with Crippen molar-refractivity contribution in [3.63, 3.8) is 0 Å². The van der Waals surface area contributed by atoms with Crippen LogP contribution in [0.2, 0.25) is 5.02 Å². The van der Waals surface area contributed by atoms with Crippen LogP contribution in [0.5, 0.6) is 0 Å². The van der Waals surface area contributed by atoms with Gasteiger partial charge in [0, 0.05) is 25.3 Å². The Bertz CT molecular complexity index is 424. The SMILES string of the molecule is CCC(=O)Nc1ccc(Cl)c(NC(CC)COC)c1. The van der Waals surface area contributed by atoms with Gasteiger partial charge in [0.15, 0.2) is 0 Å². The maximum atomic E-state index is 11.4. The van der Waals surface area contributed by atoms with Gasteiger partial charge in [-0.25, -0.2) is 0 Å². The molecular weight excluding hydrogens is 264 g/mol. The van der Waals surface area contributed by atoms with Crippen molar-refractivity contribution in [3.05, 3.63) is 23.2 Å². The second kappa shape index (κ2) is 8.02. The van der Waals surface area contributed by atoms with E-state index < -0.39 is 0 Å². The van der Waals surface area contributed by atoms with Gasteiger partial charge in [-0.15, -0.1) is 0 Å². The molecule has 0 aromatic heterocycles. The molecule has 1 rings (SSSR count). The van der Waals surface area contributed by atoms with Crippen LogP contribution in [0.15, 0.2) is 18.2 Å². The minimum atomic E-state index is -0.0165. The number of methoxy groups -OCH3 is 1. The molecule has 0 aliphatic carbocycles. The molecule has 4 nitrogen and oxygen atoms in total. The van der Waals surface area contributed by atoms with Gasteiger partial charge in [0.25, 0.3) is 0 Å². The Morgan fingerprint density at radius 1 is 1.42 bits per heavy atom. The van der Waals surface area contributed by atoms with E-state index in [-0.39, 0.29) is 11.9 Å². The van der Waals surface area contributed by atoms with Gasteiger partial charge in [-0.1, -0.05) is 25.4 Å². The average molecular weight is 285 g/mol. The Hall–Kier alpha value is -1.26. The van der Waals surface area contributed by atoms with Gasteiger partial charge in [-0.3, -0.25) is 4.79 Å². The van der Waals surface area contributed by atoms with Crippen LogP contribution in [-0.2, 0) is 9.53 Å². The van der Waals surface area contributed by atoms with E-state index >= 15 is 0 Å². The summed E-state index contributed by atoms with van der Waals surface area (Å²) in [4.78, 5) is 11.4. The molecular formula is C14H21ClN2O2. The van der Waals surface area contributed by atoms with Crippen molar-refractivity contribution in [1.82, 2.24) is 0 Å². The van der Waals surface area contributed by atoms with Gasteiger partial charge in [-0.2, -0.15) is 0 Å². The number of halogens is 1. The standard InChI is InChI=1S/C14H21ClN2O2/c1-4-10(9-19-3)16-13-8-11(6-7-12(13)15)17-14(18)5-2/h6-8,10,16H,4-5,9H2,1-3H3,(H,17,18). The topological polar surface area (TPSA) is 50.4 Å². The number of ether oxygens (including phenoxy) is 1. The molecule has 0 saturated carbocycles. The molecule has 106 valence electrons. The predicted octanol–water partition coefficient (Wildman–Crippen LogP) is 3.53. The number of hydrogen-bond donors (Lipinski definition) is 2. The van der Waals surface area contributed by atoms with E-state index in [0.29, 0.717) is 18.1 Å². The zero-order valence-electron chi connectivity index (χ0n) is 11.6. The lowest BCUT2D eigenvalue weighted by molar-refractivity contribution is -0.115. The van der Waals surface area contributed by atoms with Crippen LogP contribution >= 0.6 is 11.6 Å². The zero-order chi connectivity index (χ0) is 14.3. The van der Waals surface area contributed by atoms with Crippen molar-refractivity contribution in [1.29, 1.82) is 0 Å². The summed E-state index contributed by atoms with van der Waals surface area (Å²) in [5, 5.41) is 6.76. The number of benzene rings is 1. The highest BCUT2D eigenvalue weighted by atomic mass is 35.5. The molecule has 1 aromatic rings. The summed E-state index contributed by atoms with van der Waals surface area (Å²) < 4.78 is 5.14. The lowest BCUT2D eigenvalue weighted by atomic mass is 10.2. The van der Waals surface area contributed by atoms with Crippen molar-refractivity contribution >= 4 is 28.9 Å². The highest BCUT2D eigenvalue weighted by Gasteiger charge is 2.09. The van der Waals surface area contributed by atoms with Crippen LogP contribution in [0.25, 0.3) is 0 Å². The van der Waals surface area contributed by atoms with E-state index in [4.69, 9.17) is 16.3 Å². The van der Waals surface area contributed by atoms with Crippen LogP contribution in [0, 0.1) is 0 Å². The summed E-state index contributed by atoms with van der Waals surface area (Å²) in [7, 11) is 1.67. The molecule has 0 spiro atoms. The van der Waals surface area contributed by atoms with Crippen molar-refractivity contribution in [3.8, 4) is 0 Å². The van der Waals surface area contributed by atoms with Crippen molar-refractivity contribution in [2.24, 2.45) is 0 Å². The van der Waals surface area contributed by atoms with Crippen LogP contribution in [-0.4, -0.2) is 25.7 Å². The number of amides is 1. The number of rotatable bonds is 7. The van der Waals surface area contributed by atoms with E-state index in [2.05, 4.69) is 17.6 Å². The highest BCUT2D eigenvalue weighted by Crippen LogP contribution is 2.26. The average Bonchev–Trinajstić information content (AvgIpc) is 2.41. The molecule has 0 aliphatic heterocycles. The molecule has 0 fully saturated rings. The normalized spacial score (nSPS) is 12.0. The largest absolute Gasteiger partial charge is 0.383 e. The van der Waals surface area contributed by atoms with E-state index in [1.807, 2.05) is 13.0 Å². The summed E-state index contributed by atoms with van der Waals surface area (Å²) in [5.74, 6) is -0.0165. The molecule has 1 aromatic carbocycles. The number of nitrogens with one attached hydrogen (secondary N) is 2. The first kappa shape index (κ1) is 15.8. The molecule has 19 heavy (non-hydrogen) atoms. The predicted molar refractivity (Wildman–Crippen MR) is 80.0 cm³/mol. The minimum Gasteiger partial charge on any atom is -0.383 e. The molecule has 1 unspecified atom stereocenters. The van der Waals surface area contributed by atoms with Crippen molar-refractivity contribution in [2.75, 3.05) is 24.4 Å². The fraction of sp³-hybridized carbons (Fsp3) is 0.500. The first-order valence-corrected chi connectivity index (χ1v) is 6.83. The molecule has 1 atom stereocenters. The van der Waals surface area contributed by atoms with Crippen molar-refractivity contribution < 1.29 is 9.53 Å². The van der Waals surface area contributed by atoms with Crippen LogP contribution in [0.1, 0.15) is 26.7 Å². The maximum absolute atomic E-state index is 11.4. The molecule has 0 radical (unpaired) electrons. The number of carbonyl (C=O) groups excluding carboxylic acids is 1. The molecule has 0 bridgehead atoms. The van der Waals surface area contributed by atoms with Crippen LogP contribution < -0.4 is 10.6 Å². The summed E-state index contributed by atoms with van der Waals surface area (Å²) in [6, 6.07) is 5.60. The van der Waals surface area contributed by atoms with Gasteiger partial charge in [0.2, 0.25) is 5.91 Å². The third-order valence-corrected chi connectivity index (χ3v) is 3.12. The molecule has 0 saturated heterocycles.